The third-order valence-electron chi connectivity index (χ3n) is 4.51. The number of aryl methyl sites for hydroxylation is 1. The summed E-state index contributed by atoms with van der Waals surface area (Å²) in [6.45, 7) is 3.99. The van der Waals surface area contributed by atoms with E-state index in [0.717, 1.165) is 30.4 Å². The van der Waals surface area contributed by atoms with Crippen LogP contribution >= 0.6 is 0 Å². The number of nitrogens with one attached hydrogen (secondary N) is 1. The lowest BCUT2D eigenvalue weighted by Crippen LogP contribution is -2.36. The van der Waals surface area contributed by atoms with Gasteiger partial charge in [0.05, 0.1) is 0 Å². The van der Waals surface area contributed by atoms with E-state index in [9.17, 15) is 14.9 Å². The zero-order chi connectivity index (χ0) is 19.6. The topological polar surface area (TPSA) is 79.2 Å². The summed E-state index contributed by atoms with van der Waals surface area (Å²) in [5.74, 6) is -1.15. The minimum Gasteiger partial charge on any atom is -0.448 e. The second-order valence-electron chi connectivity index (χ2n) is 6.78. The van der Waals surface area contributed by atoms with E-state index >= 15 is 0 Å². The molecule has 0 aliphatic heterocycles. The summed E-state index contributed by atoms with van der Waals surface area (Å²) < 4.78 is 5.15. The van der Waals surface area contributed by atoms with E-state index in [2.05, 4.69) is 11.4 Å². The number of nitriles is 1. The van der Waals surface area contributed by atoms with E-state index in [4.69, 9.17) is 4.74 Å². The van der Waals surface area contributed by atoms with Crippen LogP contribution in [0, 0.1) is 18.3 Å². The molecule has 1 aliphatic rings. The molecule has 2 rings (SSSR count). The average Bonchev–Trinajstić information content (AvgIpc) is 2.68. The third-order valence-corrected chi connectivity index (χ3v) is 4.51. The molecule has 27 heavy (non-hydrogen) atoms. The Morgan fingerprint density at radius 3 is 2.67 bits per heavy atom. The SMILES string of the molecule is Cc1ccc(/C=C(\C#N)C(=O)O[C@@H](C)C(=O)NCCC2=CCCCC2)cc1. The Kier molecular flexibility index (Phi) is 7.81. The zero-order valence-corrected chi connectivity index (χ0v) is 16.0. The Balaban J connectivity index is 1.85. The minimum absolute atomic E-state index is 0.133. The van der Waals surface area contributed by atoms with Gasteiger partial charge in [0, 0.05) is 6.54 Å². The highest BCUT2D eigenvalue weighted by Crippen LogP contribution is 2.19. The molecule has 1 atom stereocenters. The fourth-order valence-electron chi connectivity index (χ4n) is 2.87. The van der Waals surface area contributed by atoms with Crippen molar-refractivity contribution >= 4 is 18.0 Å². The molecule has 0 fully saturated rings. The molecule has 5 nitrogen and oxygen atoms in total. The van der Waals surface area contributed by atoms with Crippen LogP contribution in [-0.4, -0.2) is 24.5 Å². The number of rotatable bonds is 7. The van der Waals surface area contributed by atoms with Crippen LogP contribution in [0.15, 0.2) is 41.5 Å². The fourth-order valence-corrected chi connectivity index (χ4v) is 2.87. The number of benzene rings is 1. The molecule has 0 heterocycles. The molecule has 0 radical (unpaired) electrons. The van der Waals surface area contributed by atoms with Gasteiger partial charge in [-0.05, 0) is 57.6 Å². The number of carbonyl (C=O) groups excluding carboxylic acids is 2. The number of ether oxygens (including phenoxy) is 1. The molecule has 1 aromatic rings. The molecule has 0 bridgehead atoms. The lowest BCUT2D eigenvalue weighted by Gasteiger charge is -2.15. The van der Waals surface area contributed by atoms with Gasteiger partial charge in [0.15, 0.2) is 6.10 Å². The summed E-state index contributed by atoms with van der Waals surface area (Å²) in [7, 11) is 0. The van der Waals surface area contributed by atoms with Crippen molar-refractivity contribution in [3.8, 4) is 6.07 Å². The maximum absolute atomic E-state index is 12.2. The molecule has 0 saturated heterocycles. The van der Waals surface area contributed by atoms with E-state index < -0.39 is 12.1 Å². The Hall–Kier alpha value is -2.87. The van der Waals surface area contributed by atoms with Crippen LogP contribution < -0.4 is 5.32 Å². The predicted octanol–water partition coefficient (Wildman–Crippen LogP) is 3.84. The molecule has 5 heteroatoms. The Labute approximate surface area is 160 Å². The number of carbonyl (C=O) groups is 2. The first-order valence-electron chi connectivity index (χ1n) is 9.34. The maximum atomic E-state index is 12.2. The molecule has 0 spiro atoms. The third kappa shape index (κ3) is 6.74. The van der Waals surface area contributed by atoms with Gasteiger partial charge in [0.2, 0.25) is 0 Å². The summed E-state index contributed by atoms with van der Waals surface area (Å²) >= 11 is 0. The van der Waals surface area contributed by atoms with Gasteiger partial charge >= 0.3 is 5.97 Å². The second kappa shape index (κ2) is 10.3. The number of esters is 1. The van der Waals surface area contributed by atoms with E-state index in [1.165, 1.54) is 31.4 Å². The van der Waals surface area contributed by atoms with Gasteiger partial charge in [-0.1, -0.05) is 41.5 Å². The lowest BCUT2D eigenvalue weighted by atomic mass is 9.97. The smallest absolute Gasteiger partial charge is 0.349 e. The van der Waals surface area contributed by atoms with E-state index in [1.807, 2.05) is 37.3 Å². The summed E-state index contributed by atoms with van der Waals surface area (Å²) in [5.41, 5.74) is 3.05. The zero-order valence-electron chi connectivity index (χ0n) is 16.0. The van der Waals surface area contributed by atoms with Crippen molar-refractivity contribution in [1.82, 2.24) is 5.32 Å². The highest BCUT2D eigenvalue weighted by Gasteiger charge is 2.20. The molecule has 142 valence electrons. The van der Waals surface area contributed by atoms with Crippen molar-refractivity contribution in [3.05, 3.63) is 52.6 Å². The van der Waals surface area contributed by atoms with Crippen molar-refractivity contribution in [2.24, 2.45) is 0 Å². The summed E-state index contributed by atoms with van der Waals surface area (Å²) in [6.07, 6.45) is 8.22. The quantitative estimate of drug-likeness (QED) is 0.344. The molecule has 1 aromatic carbocycles. The molecule has 1 N–H and O–H groups in total. The largest absolute Gasteiger partial charge is 0.448 e. The highest BCUT2D eigenvalue weighted by molar-refractivity contribution is 5.99. The number of hydrogen-bond acceptors (Lipinski definition) is 4. The standard InChI is InChI=1S/C22H26N2O3/c1-16-8-10-19(11-9-16)14-20(15-23)22(26)27-17(2)21(25)24-13-12-18-6-4-3-5-7-18/h6,8-11,14,17H,3-5,7,12-13H2,1-2H3,(H,24,25)/b20-14+/t17-/m0/s1. The Morgan fingerprint density at radius 2 is 2.04 bits per heavy atom. The van der Waals surface area contributed by atoms with Crippen LogP contribution in [0.5, 0.6) is 0 Å². The Bertz CT molecular complexity index is 770. The van der Waals surface area contributed by atoms with E-state index in [-0.39, 0.29) is 11.5 Å². The molecule has 0 saturated carbocycles. The number of amides is 1. The van der Waals surface area contributed by atoms with Crippen molar-refractivity contribution < 1.29 is 14.3 Å². The van der Waals surface area contributed by atoms with Crippen molar-refractivity contribution in [2.75, 3.05) is 6.54 Å². The predicted molar refractivity (Wildman–Crippen MR) is 105 cm³/mol. The van der Waals surface area contributed by atoms with Gasteiger partial charge in [-0.15, -0.1) is 0 Å². The molecule has 0 aromatic heterocycles. The normalized spacial score (nSPS) is 15.3. The minimum atomic E-state index is -0.951. The summed E-state index contributed by atoms with van der Waals surface area (Å²) in [4.78, 5) is 24.3. The first-order valence-corrected chi connectivity index (χ1v) is 9.34. The molecule has 1 aliphatic carbocycles. The summed E-state index contributed by atoms with van der Waals surface area (Å²) in [5, 5.41) is 12.0. The second-order valence-corrected chi connectivity index (χ2v) is 6.78. The van der Waals surface area contributed by atoms with Crippen molar-refractivity contribution in [2.45, 2.75) is 52.1 Å². The van der Waals surface area contributed by atoms with Gasteiger partial charge < -0.3 is 10.1 Å². The lowest BCUT2D eigenvalue weighted by molar-refractivity contribution is -0.150. The average molecular weight is 366 g/mol. The van der Waals surface area contributed by atoms with Crippen LogP contribution in [0.1, 0.15) is 50.2 Å². The summed E-state index contributed by atoms with van der Waals surface area (Å²) in [6, 6.07) is 9.26. The monoisotopic (exact) mass is 366 g/mol. The van der Waals surface area contributed by atoms with Crippen LogP contribution in [0.4, 0.5) is 0 Å². The molecular formula is C22H26N2O3. The molecule has 0 unspecified atom stereocenters. The van der Waals surface area contributed by atoms with E-state index in [0.29, 0.717) is 6.54 Å². The van der Waals surface area contributed by atoms with Gasteiger partial charge in [0.25, 0.3) is 5.91 Å². The van der Waals surface area contributed by atoms with Crippen LogP contribution in [0.25, 0.3) is 6.08 Å². The van der Waals surface area contributed by atoms with Gasteiger partial charge in [-0.2, -0.15) is 5.26 Å². The van der Waals surface area contributed by atoms with Gasteiger partial charge in [0.1, 0.15) is 11.6 Å². The number of allylic oxidation sites excluding steroid dienone is 1. The van der Waals surface area contributed by atoms with Crippen LogP contribution in [-0.2, 0) is 14.3 Å². The number of hydrogen-bond donors (Lipinski definition) is 1. The van der Waals surface area contributed by atoms with Crippen LogP contribution in [0.3, 0.4) is 0 Å². The first kappa shape index (κ1) is 20.4. The molecule has 1 amide bonds. The van der Waals surface area contributed by atoms with Crippen molar-refractivity contribution in [3.63, 3.8) is 0 Å². The maximum Gasteiger partial charge on any atom is 0.349 e. The van der Waals surface area contributed by atoms with Gasteiger partial charge in [-0.3, -0.25) is 4.79 Å². The van der Waals surface area contributed by atoms with E-state index in [1.54, 1.807) is 0 Å². The van der Waals surface area contributed by atoms with Crippen LogP contribution in [0.2, 0.25) is 0 Å². The Morgan fingerprint density at radius 1 is 1.30 bits per heavy atom. The number of nitrogens with zero attached hydrogens (tertiary/aromatic N) is 1. The van der Waals surface area contributed by atoms with Crippen molar-refractivity contribution in [1.29, 1.82) is 5.26 Å². The van der Waals surface area contributed by atoms with Gasteiger partial charge in [-0.25, -0.2) is 4.79 Å². The fraction of sp³-hybridized carbons (Fsp3) is 0.409. The first-order chi connectivity index (χ1) is 13.0. The highest BCUT2D eigenvalue weighted by atomic mass is 16.5. The molecular weight excluding hydrogens is 340 g/mol.